The second-order valence-corrected chi connectivity index (χ2v) is 4.76. The van der Waals surface area contributed by atoms with Crippen molar-refractivity contribution in [1.29, 1.82) is 0 Å². The number of anilines is 1. The van der Waals surface area contributed by atoms with Crippen molar-refractivity contribution in [3.8, 4) is 0 Å². The van der Waals surface area contributed by atoms with Crippen LogP contribution in [0.4, 0.5) is 14.5 Å². The van der Waals surface area contributed by atoms with E-state index in [0.29, 0.717) is 10.9 Å². The molecule has 3 nitrogen and oxygen atoms in total. The quantitative estimate of drug-likeness (QED) is 0.734. The van der Waals surface area contributed by atoms with E-state index >= 15 is 0 Å². The zero-order chi connectivity index (χ0) is 15.0. The van der Waals surface area contributed by atoms with Crippen LogP contribution in [0.15, 0.2) is 42.6 Å². The van der Waals surface area contributed by atoms with Gasteiger partial charge in [-0.3, -0.25) is 4.79 Å². The highest BCUT2D eigenvalue weighted by Gasteiger charge is 2.17. The number of amides is 1. The van der Waals surface area contributed by atoms with Gasteiger partial charge in [0.05, 0.1) is 5.56 Å². The molecule has 1 aromatic heterocycles. The van der Waals surface area contributed by atoms with Crippen LogP contribution in [-0.2, 0) is 0 Å². The maximum atomic E-state index is 13.9. The summed E-state index contributed by atoms with van der Waals surface area (Å²) in [6.07, 6.45) is 1.52. The molecule has 0 saturated heterocycles. The Morgan fingerprint density at radius 2 is 1.90 bits per heavy atom. The van der Waals surface area contributed by atoms with E-state index in [-0.39, 0.29) is 5.56 Å². The molecule has 0 aliphatic heterocycles. The highest BCUT2D eigenvalue weighted by Crippen LogP contribution is 2.24. The molecule has 1 heterocycles. The number of aryl methyl sites for hydroxylation is 1. The van der Waals surface area contributed by atoms with E-state index in [1.54, 1.807) is 12.1 Å². The van der Waals surface area contributed by atoms with Crippen molar-refractivity contribution in [2.24, 2.45) is 0 Å². The summed E-state index contributed by atoms with van der Waals surface area (Å²) in [7, 11) is 0. The lowest BCUT2D eigenvalue weighted by Crippen LogP contribution is -2.14. The van der Waals surface area contributed by atoms with Gasteiger partial charge in [-0.1, -0.05) is 24.3 Å². The molecule has 5 heteroatoms. The Bertz CT molecular complexity index is 839. The predicted octanol–water partition coefficient (Wildman–Crippen LogP) is 4.01. The Kier molecular flexibility index (Phi) is 3.17. The third kappa shape index (κ3) is 2.27. The Balaban J connectivity index is 1.99. The second kappa shape index (κ2) is 5.01. The number of nitrogens with one attached hydrogen (secondary N) is 2. The van der Waals surface area contributed by atoms with Crippen LogP contribution in [-0.4, -0.2) is 10.9 Å². The lowest BCUT2D eigenvalue weighted by molar-refractivity contribution is 0.102. The van der Waals surface area contributed by atoms with Crippen LogP contribution < -0.4 is 5.32 Å². The zero-order valence-electron chi connectivity index (χ0n) is 11.2. The number of fused-ring (bicyclic) bond motifs is 1. The standard InChI is InChI=1S/C16H12F2N2O/c1-9-6-7-12(17)15(14(9)18)20-16(21)11-8-19-13-5-3-2-4-10(11)13/h2-8,19H,1H3,(H,20,21). The summed E-state index contributed by atoms with van der Waals surface area (Å²) in [6, 6.07) is 9.67. The number of para-hydroxylation sites is 1. The molecule has 0 saturated carbocycles. The Hall–Kier alpha value is -2.69. The Labute approximate surface area is 119 Å². The van der Waals surface area contributed by atoms with Gasteiger partial charge in [0.1, 0.15) is 11.5 Å². The Morgan fingerprint density at radius 3 is 2.71 bits per heavy atom. The summed E-state index contributed by atoms with van der Waals surface area (Å²) in [5.41, 5.74) is 0.967. The van der Waals surface area contributed by atoms with Crippen molar-refractivity contribution >= 4 is 22.5 Å². The first kappa shape index (κ1) is 13.3. The van der Waals surface area contributed by atoms with Crippen molar-refractivity contribution in [1.82, 2.24) is 4.98 Å². The van der Waals surface area contributed by atoms with Crippen LogP contribution in [0.3, 0.4) is 0 Å². The largest absolute Gasteiger partial charge is 0.360 e. The van der Waals surface area contributed by atoms with Crippen molar-refractivity contribution in [3.05, 3.63) is 65.4 Å². The summed E-state index contributed by atoms with van der Waals surface area (Å²) in [5.74, 6) is -2.12. The van der Waals surface area contributed by atoms with Gasteiger partial charge < -0.3 is 10.3 Å². The molecule has 0 spiro atoms. The van der Waals surface area contributed by atoms with Crippen LogP contribution in [0.5, 0.6) is 0 Å². The molecule has 0 bridgehead atoms. The minimum atomic E-state index is -0.800. The lowest BCUT2D eigenvalue weighted by atomic mass is 10.1. The van der Waals surface area contributed by atoms with Crippen LogP contribution in [0, 0.1) is 18.6 Å². The fraction of sp³-hybridized carbons (Fsp3) is 0.0625. The van der Waals surface area contributed by atoms with E-state index in [1.165, 1.54) is 19.2 Å². The lowest BCUT2D eigenvalue weighted by Gasteiger charge is -2.08. The molecule has 2 aromatic carbocycles. The van der Waals surface area contributed by atoms with Gasteiger partial charge in [-0.2, -0.15) is 0 Å². The maximum absolute atomic E-state index is 13.9. The van der Waals surface area contributed by atoms with Crippen molar-refractivity contribution in [2.45, 2.75) is 6.92 Å². The van der Waals surface area contributed by atoms with Crippen molar-refractivity contribution < 1.29 is 13.6 Å². The molecule has 0 unspecified atom stereocenters. The highest BCUT2D eigenvalue weighted by molar-refractivity contribution is 6.12. The topological polar surface area (TPSA) is 44.9 Å². The fourth-order valence-corrected chi connectivity index (χ4v) is 2.21. The normalized spacial score (nSPS) is 10.8. The SMILES string of the molecule is Cc1ccc(F)c(NC(=O)c2c[nH]c3ccccc23)c1F. The van der Waals surface area contributed by atoms with E-state index in [9.17, 15) is 13.6 Å². The van der Waals surface area contributed by atoms with E-state index in [0.717, 1.165) is 11.6 Å². The summed E-state index contributed by atoms with van der Waals surface area (Å²) >= 11 is 0. The van der Waals surface area contributed by atoms with Gasteiger partial charge in [0.2, 0.25) is 0 Å². The predicted molar refractivity (Wildman–Crippen MR) is 77.3 cm³/mol. The van der Waals surface area contributed by atoms with Gasteiger partial charge in [0.25, 0.3) is 5.91 Å². The average molecular weight is 286 g/mol. The molecule has 106 valence electrons. The summed E-state index contributed by atoms with van der Waals surface area (Å²) in [4.78, 5) is 15.2. The fourth-order valence-electron chi connectivity index (χ4n) is 2.21. The number of hydrogen-bond donors (Lipinski definition) is 2. The first-order chi connectivity index (χ1) is 10.1. The molecule has 2 N–H and O–H groups in total. The Morgan fingerprint density at radius 1 is 1.14 bits per heavy atom. The number of benzene rings is 2. The first-order valence-electron chi connectivity index (χ1n) is 6.40. The van der Waals surface area contributed by atoms with E-state index in [1.807, 2.05) is 12.1 Å². The highest BCUT2D eigenvalue weighted by atomic mass is 19.1. The number of carbonyl (C=O) groups excluding carboxylic acids is 1. The number of rotatable bonds is 2. The molecule has 0 atom stereocenters. The van der Waals surface area contributed by atoms with E-state index in [2.05, 4.69) is 10.3 Å². The van der Waals surface area contributed by atoms with Crippen molar-refractivity contribution in [3.63, 3.8) is 0 Å². The van der Waals surface area contributed by atoms with Crippen LogP contribution in [0.2, 0.25) is 0 Å². The zero-order valence-corrected chi connectivity index (χ0v) is 11.2. The smallest absolute Gasteiger partial charge is 0.257 e. The molecular formula is C16H12F2N2O. The second-order valence-electron chi connectivity index (χ2n) is 4.76. The van der Waals surface area contributed by atoms with E-state index in [4.69, 9.17) is 0 Å². The average Bonchev–Trinajstić information content (AvgIpc) is 2.91. The summed E-state index contributed by atoms with van der Waals surface area (Å²) in [5, 5.41) is 3.00. The monoisotopic (exact) mass is 286 g/mol. The molecule has 0 radical (unpaired) electrons. The number of aromatic nitrogens is 1. The molecule has 0 aliphatic carbocycles. The third-order valence-electron chi connectivity index (χ3n) is 3.36. The van der Waals surface area contributed by atoms with Gasteiger partial charge in [0, 0.05) is 17.1 Å². The third-order valence-corrected chi connectivity index (χ3v) is 3.36. The number of hydrogen-bond acceptors (Lipinski definition) is 1. The van der Waals surface area contributed by atoms with Crippen LogP contribution in [0.25, 0.3) is 10.9 Å². The molecule has 1 amide bonds. The molecular weight excluding hydrogens is 274 g/mol. The molecule has 0 fully saturated rings. The molecule has 3 rings (SSSR count). The van der Waals surface area contributed by atoms with E-state index < -0.39 is 23.2 Å². The van der Waals surface area contributed by atoms with Crippen LogP contribution in [0.1, 0.15) is 15.9 Å². The van der Waals surface area contributed by atoms with Gasteiger partial charge in [-0.05, 0) is 24.6 Å². The van der Waals surface area contributed by atoms with Gasteiger partial charge in [0.15, 0.2) is 5.82 Å². The van der Waals surface area contributed by atoms with Gasteiger partial charge >= 0.3 is 0 Å². The van der Waals surface area contributed by atoms with Crippen molar-refractivity contribution in [2.75, 3.05) is 5.32 Å². The number of H-pyrrole nitrogens is 1. The summed E-state index contributed by atoms with van der Waals surface area (Å²) in [6.45, 7) is 1.51. The number of halogens is 2. The first-order valence-corrected chi connectivity index (χ1v) is 6.40. The maximum Gasteiger partial charge on any atom is 0.257 e. The van der Waals surface area contributed by atoms with Gasteiger partial charge in [-0.15, -0.1) is 0 Å². The summed E-state index contributed by atoms with van der Waals surface area (Å²) < 4.78 is 27.6. The number of aromatic amines is 1. The van der Waals surface area contributed by atoms with Gasteiger partial charge in [-0.25, -0.2) is 8.78 Å². The minimum absolute atomic E-state index is 0.269. The minimum Gasteiger partial charge on any atom is -0.360 e. The molecule has 3 aromatic rings. The molecule has 21 heavy (non-hydrogen) atoms. The molecule has 0 aliphatic rings. The number of carbonyl (C=O) groups is 1. The van der Waals surface area contributed by atoms with Crippen LogP contribution >= 0.6 is 0 Å².